The lowest BCUT2D eigenvalue weighted by Gasteiger charge is -2.11. The van der Waals surface area contributed by atoms with E-state index in [4.69, 9.17) is 0 Å². The van der Waals surface area contributed by atoms with Crippen molar-refractivity contribution in [2.75, 3.05) is 0 Å². The molecular formula is C37H29NO3. The standard InChI is InChI=1S/C37H29NO3/c1-23-8-4-6-10-30(23)36(40)27-14-18-34-32(20-27)33-21-28(37(41)31-11-7-5-9-24(31)2)15-19-35(33)38(34)29-16-12-26(13-17-29)25(3)22-39/h4-22,25H,1-3H3. The number of fused-ring (bicyclic) bond motifs is 3. The Morgan fingerprint density at radius 3 is 1.54 bits per heavy atom. The molecule has 0 radical (unpaired) electrons. The second-order valence-corrected chi connectivity index (χ2v) is 10.6. The Bertz CT molecular complexity index is 1860. The highest BCUT2D eigenvalue weighted by atomic mass is 16.1. The highest BCUT2D eigenvalue weighted by molar-refractivity contribution is 6.18. The number of aryl methyl sites for hydroxylation is 2. The molecule has 1 atom stereocenters. The molecule has 0 fully saturated rings. The van der Waals surface area contributed by atoms with Crippen molar-refractivity contribution in [3.8, 4) is 5.69 Å². The van der Waals surface area contributed by atoms with Crippen LogP contribution in [0.2, 0.25) is 0 Å². The van der Waals surface area contributed by atoms with Gasteiger partial charge in [0.15, 0.2) is 11.6 Å². The summed E-state index contributed by atoms with van der Waals surface area (Å²) in [5.74, 6) is -0.261. The van der Waals surface area contributed by atoms with Crippen molar-refractivity contribution in [3.63, 3.8) is 0 Å². The van der Waals surface area contributed by atoms with Gasteiger partial charge in [0.05, 0.1) is 11.0 Å². The van der Waals surface area contributed by atoms with E-state index in [0.29, 0.717) is 22.3 Å². The summed E-state index contributed by atoms with van der Waals surface area (Å²) >= 11 is 0. The summed E-state index contributed by atoms with van der Waals surface area (Å²) in [5.41, 5.74) is 8.12. The molecule has 0 aliphatic carbocycles. The number of hydrogen-bond donors (Lipinski definition) is 0. The quantitative estimate of drug-likeness (QED) is 0.153. The Balaban J connectivity index is 1.57. The number of ketones is 2. The molecule has 4 heteroatoms. The van der Waals surface area contributed by atoms with Crippen LogP contribution in [0, 0.1) is 13.8 Å². The minimum absolute atomic E-state index is 0.0368. The lowest BCUT2D eigenvalue weighted by molar-refractivity contribution is -0.108. The SMILES string of the molecule is Cc1ccccc1C(=O)c1ccc2c(c1)c1cc(C(=O)c3ccccc3C)ccc1n2-c1ccc(C(C)C=O)cc1. The summed E-state index contributed by atoms with van der Waals surface area (Å²) in [4.78, 5) is 38.5. The van der Waals surface area contributed by atoms with Gasteiger partial charge in [-0.25, -0.2) is 0 Å². The minimum Gasteiger partial charge on any atom is -0.309 e. The van der Waals surface area contributed by atoms with E-state index in [1.807, 2.05) is 130 Å². The fourth-order valence-electron chi connectivity index (χ4n) is 5.56. The molecule has 1 unspecified atom stereocenters. The maximum Gasteiger partial charge on any atom is 0.193 e. The molecule has 41 heavy (non-hydrogen) atoms. The van der Waals surface area contributed by atoms with Crippen LogP contribution < -0.4 is 0 Å². The first kappa shape index (κ1) is 26.1. The summed E-state index contributed by atoms with van der Waals surface area (Å²) in [6.07, 6.45) is 0.940. The van der Waals surface area contributed by atoms with E-state index in [1.54, 1.807) is 0 Å². The van der Waals surface area contributed by atoms with Crippen LogP contribution in [0.1, 0.15) is 61.4 Å². The average Bonchev–Trinajstić information content (AvgIpc) is 3.33. The molecule has 0 bridgehead atoms. The van der Waals surface area contributed by atoms with E-state index < -0.39 is 0 Å². The monoisotopic (exact) mass is 535 g/mol. The van der Waals surface area contributed by atoms with Gasteiger partial charge >= 0.3 is 0 Å². The van der Waals surface area contributed by atoms with Gasteiger partial charge in [0, 0.05) is 44.6 Å². The van der Waals surface area contributed by atoms with E-state index >= 15 is 0 Å². The maximum absolute atomic E-state index is 13.6. The van der Waals surface area contributed by atoms with Gasteiger partial charge < -0.3 is 9.36 Å². The highest BCUT2D eigenvalue weighted by Gasteiger charge is 2.19. The first-order valence-electron chi connectivity index (χ1n) is 13.7. The zero-order chi connectivity index (χ0) is 28.7. The van der Waals surface area contributed by atoms with Crippen molar-refractivity contribution in [2.24, 2.45) is 0 Å². The van der Waals surface area contributed by atoms with Crippen LogP contribution >= 0.6 is 0 Å². The Labute approximate surface area is 238 Å². The number of hydrogen-bond acceptors (Lipinski definition) is 3. The number of carbonyl (C=O) groups is 3. The lowest BCUT2D eigenvalue weighted by Crippen LogP contribution is -2.03. The normalized spacial score (nSPS) is 12.0. The van der Waals surface area contributed by atoms with Crippen molar-refractivity contribution < 1.29 is 14.4 Å². The summed E-state index contributed by atoms with van der Waals surface area (Å²) in [6.45, 7) is 5.76. The first-order valence-corrected chi connectivity index (χ1v) is 13.7. The third-order valence-electron chi connectivity index (χ3n) is 7.95. The van der Waals surface area contributed by atoms with Gasteiger partial charge in [-0.1, -0.05) is 67.6 Å². The van der Waals surface area contributed by atoms with Crippen LogP contribution in [0.4, 0.5) is 0 Å². The topological polar surface area (TPSA) is 56.1 Å². The molecular weight excluding hydrogens is 506 g/mol. The van der Waals surface area contributed by atoms with Crippen LogP contribution in [0.5, 0.6) is 0 Å². The molecule has 200 valence electrons. The van der Waals surface area contributed by atoms with Crippen LogP contribution in [-0.4, -0.2) is 22.4 Å². The third-order valence-corrected chi connectivity index (χ3v) is 7.95. The summed E-state index contributed by atoms with van der Waals surface area (Å²) in [5, 5.41) is 1.79. The number of aromatic nitrogens is 1. The van der Waals surface area contributed by atoms with Crippen molar-refractivity contribution >= 4 is 39.7 Å². The van der Waals surface area contributed by atoms with Crippen molar-refractivity contribution in [2.45, 2.75) is 26.7 Å². The Morgan fingerprint density at radius 2 is 1.10 bits per heavy atom. The van der Waals surface area contributed by atoms with Gasteiger partial charge in [-0.05, 0) is 79.1 Å². The van der Waals surface area contributed by atoms with Gasteiger partial charge in [-0.3, -0.25) is 9.59 Å². The molecule has 6 rings (SSSR count). The molecule has 1 aromatic heterocycles. The van der Waals surface area contributed by atoms with Crippen LogP contribution in [0.15, 0.2) is 109 Å². The number of benzene rings is 5. The van der Waals surface area contributed by atoms with Gasteiger partial charge in [-0.15, -0.1) is 0 Å². The minimum atomic E-state index is -0.188. The Kier molecular flexibility index (Phi) is 6.68. The lowest BCUT2D eigenvalue weighted by atomic mass is 9.96. The number of rotatable bonds is 7. The van der Waals surface area contributed by atoms with Gasteiger partial charge in [0.25, 0.3) is 0 Å². The third kappa shape index (κ3) is 4.57. The number of nitrogens with zero attached hydrogens (tertiary/aromatic N) is 1. The zero-order valence-corrected chi connectivity index (χ0v) is 23.2. The number of aldehydes is 1. The van der Waals surface area contributed by atoms with E-state index in [0.717, 1.165) is 50.5 Å². The molecule has 0 spiro atoms. The predicted octanol–water partition coefficient (Wildman–Crippen LogP) is 8.16. The summed E-state index contributed by atoms with van der Waals surface area (Å²) in [6, 6.07) is 34.7. The molecule has 0 saturated carbocycles. The second kappa shape index (κ2) is 10.5. The Hall–Kier alpha value is -5.09. The van der Waals surface area contributed by atoms with Crippen LogP contribution in [0.3, 0.4) is 0 Å². The fourth-order valence-corrected chi connectivity index (χ4v) is 5.56. The number of carbonyl (C=O) groups excluding carboxylic acids is 3. The molecule has 0 aliphatic rings. The molecule has 0 saturated heterocycles. The summed E-state index contributed by atoms with van der Waals surface area (Å²) < 4.78 is 2.14. The molecule has 6 aromatic rings. The van der Waals surface area contributed by atoms with E-state index in [1.165, 1.54) is 0 Å². The van der Waals surface area contributed by atoms with Crippen LogP contribution in [0.25, 0.3) is 27.5 Å². The highest BCUT2D eigenvalue weighted by Crippen LogP contribution is 2.35. The van der Waals surface area contributed by atoms with Gasteiger partial charge in [0.2, 0.25) is 0 Å². The van der Waals surface area contributed by atoms with Crippen molar-refractivity contribution in [1.82, 2.24) is 4.57 Å². The van der Waals surface area contributed by atoms with Gasteiger partial charge in [0.1, 0.15) is 6.29 Å². The molecule has 0 amide bonds. The molecule has 1 heterocycles. The first-order chi connectivity index (χ1) is 19.9. The van der Waals surface area contributed by atoms with Crippen molar-refractivity contribution in [3.05, 3.63) is 148 Å². The molecule has 5 aromatic carbocycles. The molecule has 0 aliphatic heterocycles. The van der Waals surface area contributed by atoms with E-state index in [9.17, 15) is 14.4 Å². The van der Waals surface area contributed by atoms with Gasteiger partial charge in [-0.2, -0.15) is 0 Å². The van der Waals surface area contributed by atoms with E-state index in [2.05, 4.69) is 4.57 Å². The molecule has 4 nitrogen and oxygen atoms in total. The smallest absolute Gasteiger partial charge is 0.193 e. The van der Waals surface area contributed by atoms with Crippen molar-refractivity contribution in [1.29, 1.82) is 0 Å². The molecule has 0 N–H and O–H groups in total. The predicted molar refractivity (Wildman–Crippen MR) is 164 cm³/mol. The zero-order valence-electron chi connectivity index (χ0n) is 23.2. The average molecular weight is 536 g/mol. The fraction of sp³-hybridized carbons (Fsp3) is 0.108. The second-order valence-electron chi connectivity index (χ2n) is 10.6. The maximum atomic E-state index is 13.6. The summed E-state index contributed by atoms with van der Waals surface area (Å²) in [7, 11) is 0. The Morgan fingerprint density at radius 1 is 0.634 bits per heavy atom. The van der Waals surface area contributed by atoms with E-state index in [-0.39, 0.29) is 17.5 Å². The largest absolute Gasteiger partial charge is 0.309 e. The van der Waals surface area contributed by atoms with Crippen LogP contribution in [-0.2, 0) is 4.79 Å².